The highest BCUT2D eigenvalue weighted by Gasteiger charge is 2.28. The van der Waals surface area contributed by atoms with Crippen molar-refractivity contribution >= 4 is 5.91 Å². The third kappa shape index (κ3) is 1.40. The standard InChI is InChI=1S/C8H10N2O/c1-2-7-3-5-10(6-4-9)8(7)11/h2,7H,1,3,5-6H2. The fraction of sp³-hybridized carbons (Fsp3) is 0.500. The number of carbonyl (C=O) groups excluding carboxylic acids is 1. The van der Waals surface area contributed by atoms with Gasteiger partial charge in [0.2, 0.25) is 5.91 Å². The van der Waals surface area contributed by atoms with Crippen molar-refractivity contribution in [2.45, 2.75) is 6.42 Å². The van der Waals surface area contributed by atoms with E-state index in [1.807, 2.05) is 6.07 Å². The summed E-state index contributed by atoms with van der Waals surface area (Å²) in [6.07, 6.45) is 2.46. The van der Waals surface area contributed by atoms with E-state index in [1.54, 1.807) is 11.0 Å². The first-order valence-corrected chi connectivity index (χ1v) is 3.58. The molecule has 1 unspecified atom stereocenters. The van der Waals surface area contributed by atoms with E-state index >= 15 is 0 Å². The van der Waals surface area contributed by atoms with E-state index < -0.39 is 0 Å². The largest absolute Gasteiger partial charge is 0.329 e. The van der Waals surface area contributed by atoms with Crippen molar-refractivity contribution in [3.05, 3.63) is 12.7 Å². The van der Waals surface area contributed by atoms with Gasteiger partial charge in [-0.05, 0) is 6.42 Å². The molecular weight excluding hydrogens is 140 g/mol. The molecule has 0 aliphatic carbocycles. The summed E-state index contributed by atoms with van der Waals surface area (Å²) in [5.41, 5.74) is 0. The van der Waals surface area contributed by atoms with Crippen LogP contribution in [0.25, 0.3) is 0 Å². The van der Waals surface area contributed by atoms with Crippen LogP contribution in [0.1, 0.15) is 6.42 Å². The number of amides is 1. The van der Waals surface area contributed by atoms with Gasteiger partial charge in [-0.1, -0.05) is 6.08 Å². The molecule has 0 saturated carbocycles. The maximum atomic E-state index is 11.2. The Hall–Kier alpha value is -1.30. The Labute approximate surface area is 65.9 Å². The summed E-state index contributed by atoms with van der Waals surface area (Å²) in [6, 6.07) is 1.96. The lowest BCUT2D eigenvalue weighted by molar-refractivity contribution is -0.129. The van der Waals surface area contributed by atoms with Gasteiger partial charge < -0.3 is 4.90 Å². The molecule has 0 aromatic carbocycles. The van der Waals surface area contributed by atoms with E-state index in [4.69, 9.17) is 5.26 Å². The Morgan fingerprint density at radius 1 is 1.91 bits per heavy atom. The summed E-state index contributed by atoms with van der Waals surface area (Å²) >= 11 is 0. The van der Waals surface area contributed by atoms with Gasteiger partial charge in [-0.25, -0.2) is 0 Å². The van der Waals surface area contributed by atoms with Gasteiger partial charge in [0.05, 0.1) is 12.0 Å². The lowest BCUT2D eigenvalue weighted by Gasteiger charge is -2.09. The minimum Gasteiger partial charge on any atom is -0.329 e. The highest BCUT2D eigenvalue weighted by atomic mass is 16.2. The Balaban J connectivity index is 2.57. The molecule has 0 aromatic rings. The average molecular weight is 150 g/mol. The van der Waals surface area contributed by atoms with Gasteiger partial charge in [-0.15, -0.1) is 6.58 Å². The molecule has 0 aromatic heterocycles. The fourth-order valence-corrected chi connectivity index (χ4v) is 1.22. The lowest BCUT2D eigenvalue weighted by atomic mass is 10.1. The first-order chi connectivity index (χ1) is 5.29. The van der Waals surface area contributed by atoms with Crippen LogP contribution in [-0.4, -0.2) is 23.9 Å². The zero-order chi connectivity index (χ0) is 8.27. The van der Waals surface area contributed by atoms with Crippen molar-refractivity contribution in [2.75, 3.05) is 13.1 Å². The zero-order valence-corrected chi connectivity index (χ0v) is 6.29. The molecule has 11 heavy (non-hydrogen) atoms. The minimum atomic E-state index is -0.0525. The third-order valence-corrected chi connectivity index (χ3v) is 1.88. The molecular formula is C8H10N2O. The van der Waals surface area contributed by atoms with Gasteiger partial charge in [-0.3, -0.25) is 4.79 Å². The molecule has 0 spiro atoms. The second-order valence-corrected chi connectivity index (χ2v) is 2.55. The third-order valence-electron chi connectivity index (χ3n) is 1.88. The fourth-order valence-electron chi connectivity index (χ4n) is 1.22. The molecule has 1 rings (SSSR count). The Bertz CT molecular complexity index is 217. The van der Waals surface area contributed by atoms with Gasteiger partial charge in [-0.2, -0.15) is 5.26 Å². The Kier molecular flexibility index (Phi) is 2.27. The van der Waals surface area contributed by atoms with Crippen molar-refractivity contribution in [3.63, 3.8) is 0 Å². The second kappa shape index (κ2) is 3.20. The Morgan fingerprint density at radius 3 is 3.09 bits per heavy atom. The molecule has 1 atom stereocenters. The van der Waals surface area contributed by atoms with Crippen LogP contribution >= 0.6 is 0 Å². The first-order valence-electron chi connectivity index (χ1n) is 3.58. The SMILES string of the molecule is C=CC1CCN(CC#N)C1=O. The van der Waals surface area contributed by atoms with Crippen molar-refractivity contribution in [1.82, 2.24) is 4.90 Å². The second-order valence-electron chi connectivity index (χ2n) is 2.55. The van der Waals surface area contributed by atoms with Crippen LogP contribution in [0.4, 0.5) is 0 Å². The number of carbonyl (C=O) groups is 1. The summed E-state index contributed by atoms with van der Waals surface area (Å²) in [4.78, 5) is 12.8. The van der Waals surface area contributed by atoms with Crippen molar-refractivity contribution in [2.24, 2.45) is 5.92 Å². The van der Waals surface area contributed by atoms with Gasteiger partial charge in [0.1, 0.15) is 6.54 Å². The van der Waals surface area contributed by atoms with Crippen LogP contribution in [0, 0.1) is 17.2 Å². The summed E-state index contributed by atoms with van der Waals surface area (Å²) in [7, 11) is 0. The van der Waals surface area contributed by atoms with E-state index in [0.717, 1.165) is 6.42 Å². The van der Waals surface area contributed by atoms with Crippen molar-refractivity contribution in [3.8, 4) is 6.07 Å². The number of nitriles is 1. The Morgan fingerprint density at radius 2 is 2.64 bits per heavy atom. The average Bonchev–Trinajstić information content (AvgIpc) is 2.34. The van der Waals surface area contributed by atoms with Gasteiger partial charge in [0.15, 0.2) is 0 Å². The quantitative estimate of drug-likeness (QED) is 0.426. The van der Waals surface area contributed by atoms with Gasteiger partial charge in [0, 0.05) is 6.54 Å². The lowest BCUT2D eigenvalue weighted by Crippen LogP contribution is -2.26. The number of nitrogens with zero attached hydrogens (tertiary/aromatic N) is 2. The first kappa shape index (κ1) is 7.80. The van der Waals surface area contributed by atoms with Gasteiger partial charge in [0.25, 0.3) is 0 Å². The highest BCUT2D eigenvalue weighted by molar-refractivity contribution is 5.82. The molecule has 1 amide bonds. The number of rotatable bonds is 2. The van der Waals surface area contributed by atoms with Crippen LogP contribution in [0.2, 0.25) is 0 Å². The molecule has 3 heteroatoms. The number of hydrogen-bond acceptors (Lipinski definition) is 2. The zero-order valence-electron chi connectivity index (χ0n) is 6.29. The predicted molar refractivity (Wildman–Crippen MR) is 40.5 cm³/mol. The molecule has 1 aliphatic heterocycles. The predicted octanol–water partition coefficient (Wildman–Crippen LogP) is 0.544. The van der Waals surface area contributed by atoms with Crippen LogP contribution in [0.15, 0.2) is 12.7 Å². The molecule has 3 nitrogen and oxygen atoms in total. The maximum Gasteiger partial charge on any atom is 0.230 e. The summed E-state index contributed by atoms with van der Waals surface area (Å²) < 4.78 is 0. The summed E-state index contributed by atoms with van der Waals surface area (Å²) in [5, 5.41) is 8.33. The molecule has 1 aliphatic rings. The highest BCUT2D eigenvalue weighted by Crippen LogP contribution is 2.17. The number of hydrogen-bond donors (Lipinski definition) is 0. The monoisotopic (exact) mass is 150 g/mol. The molecule has 0 radical (unpaired) electrons. The number of likely N-dealkylation sites (tertiary alicyclic amines) is 1. The molecule has 1 saturated heterocycles. The van der Waals surface area contributed by atoms with Crippen LogP contribution < -0.4 is 0 Å². The van der Waals surface area contributed by atoms with Gasteiger partial charge >= 0.3 is 0 Å². The normalized spacial score (nSPS) is 23.4. The van der Waals surface area contributed by atoms with E-state index in [-0.39, 0.29) is 18.4 Å². The smallest absolute Gasteiger partial charge is 0.230 e. The van der Waals surface area contributed by atoms with Crippen molar-refractivity contribution in [1.29, 1.82) is 5.26 Å². The molecule has 1 heterocycles. The van der Waals surface area contributed by atoms with E-state index in [2.05, 4.69) is 6.58 Å². The van der Waals surface area contributed by atoms with Crippen LogP contribution in [-0.2, 0) is 4.79 Å². The summed E-state index contributed by atoms with van der Waals surface area (Å²) in [5.74, 6) is -0.00935. The van der Waals surface area contributed by atoms with Crippen molar-refractivity contribution < 1.29 is 4.79 Å². The van der Waals surface area contributed by atoms with Crippen LogP contribution in [0.5, 0.6) is 0 Å². The maximum absolute atomic E-state index is 11.2. The molecule has 58 valence electrons. The molecule has 1 fully saturated rings. The topological polar surface area (TPSA) is 44.1 Å². The van der Waals surface area contributed by atoms with E-state index in [9.17, 15) is 4.79 Å². The van der Waals surface area contributed by atoms with E-state index in [1.165, 1.54) is 0 Å². The minimum absolute atomic E-state index is 0.0431. The van der Waals surface area contributed by atoms with E-state index in [0.29, 0.717) is 6.54 Å². The molecule has 0 N–H and O–H groups in total. The van der Waals surface area contributed by atoms with Crippen LogP contribution in [0.3, 0.4) is 0 Å². The molecule has 0 bridgehead atoms. The summed E-state index contributed by atoms with van der Waals surface area (Å²) in [6.45, 7) is 4.47.